The molecular weight excluding hydrogens is 344 g/mol. The molecule has 0 radical (unpaired) electrons. The molecule has 1 amide bonds. The highest BCUT2D eigenvalue weighted by molar-refractivity contribution is 5.96. The molecule has 5 N–H and O–H groups in total. The van der Waals surface area contributed by atoms with E-state index in [1.54, 1.807) is 6.07 Å². The fraction of sp³-hybridized carbons (Fsp3) is 0.667. The van der Waals surface area contributed by atoms with Gasteiger partial charge in [0.05, 0.1) is 17.3 Å². The number of nitrogens with zero attached hydrogens (tertiary/aromatic N) is 1. The summed E-state index contributed by atoms with van der Waals surface area (Å²) in [5, 5.41) is 33.5. The van der Waals surface area contributed by atoms with Gasteiger partial charge in [0.2, 0.25) is 0 Å². The molecule has 6 heteroatoms. The molecule has 0 spiro atoms. The van der Waals surface area contributed by atoms with Gasteiger partial charge in [-0.15, -0.1) is 0 Å². The first-order valence-corrected chi connectivity index (χ1v) is 10.2. The lowest BCUT2D eigenvalue weighted by atomic mass is 9.49. The number of benzene rings is 1. The van der Waals surface area contributed by atoms with Gasteiger partial charge in [0.25, 0.3) is 5.91 Å². The van der Waals surface area contributed by atoms with Crippen molar-refractivity contribution in [3.8, 4) is 5.75 Å². The Morgan fingerprint density at radius 2 is 2.04 bits per heavy atom. The number of aliphatic hydroxyl groups is 2. The third-order valence-corrected chi connectivity index (χ3v) is 7.70. The van der Waals surface area contributed by atoms with Crippen LogP contribution in [0.5, 0.6) is 5.75 Å². The minimum absolute atomic E-state index is 0.00863. The highest BCUT2D eigenvalue weighted by Gasteiger charge is 2.65. The average Bonchev–Trinajstić information content (AvgIpc) is 3.42. The van der Waals surface area contributed by atoms with Gasteiger partial charge >= 0.3 is 0 Å². The van der Waals surface area contributed by atoms with E-state index in [-0.39, 0.29) is 17.4 Å². The molecule has 1 aliphatic heterocycles. The van der Waals surface area contributed by atoms with Crippen LogP contribution < -0.4 is 5.73 Å². The first-order chi connectivity index (χ1) is 12.9. The van der Waals surface area contributed by atoms with Gasteiger partial charge in [-0.25, -0.2) is 0 Å². The fourth-order valence-corrected chi connectivity index (χ4v) is 6.24. The van der Waals surface area contributed by atoms with E-state index in [0.717, 1.165) is 24.6 Å². The van der Waals surface area contributed by atoms with Crippen LogP contribution in [0.25, 0.3) is 0 Å². The van der Waals surface area contributed by atoms with Crippen LogP contribution in [-0.4, -0.2) is 57.0 Å². The third-order valence-electron chi connectivity index (χ3n) is 7.70. The van der Waals surface area contributed by atoms with Crippen molar-refractivity contribution in [2.75, 3.05) is 13.1 Å². The van der Waals surface area contributed by atoms with Crippen LogP contribution in [-0.2, 0) is 11.8 Å². The Morgan fingerprint density at radius 3 is 2.74 bits per heavy atom. The van der Waals surface area contributed by atoms with E-state index in [2.05, 4.69) is 4.90 Å². The van der Waals surface area contributed by atoms with Gasteiger partial charge in [0.15, 0.2) is 0 Å². The van der Waals surface area contributed by atoms with Crippen molar-refractivity contribution >= 4 is 5.91 Å². The topological polar surface area (TPSA) is 107 Å². The molecule has 3 aliphatic carbocycles. The van der Waals surface area contributed by atoms with Crippen molar-refractivity contribution in [1.82, 2.24) is 4.90 Å². The van der Waals surface area contributed by atoms with Gasteiger partial charge in [-0.2, -0.15) is 0 Å². The zero-order chi connectivity index (χ0) is 19.0. The standard InChI is InChI=1S/C21H28N2O4/c22-19(26)15-4-3-13-9-16-21(27)6-5-14(24)10-20(21,17(13)18(15)25)7-8-23(16)11-12-1-2-12/h3-4,12,14,16,24-25,27H,1-2,5-11H2,(H2,22,26)/t14?,16-,20-,21-/m1/s1. The van der Waals surface area contributed by atoms with E-state index >= 15 is 0 Å². The summed E-state index contributed by atoms with van der Waals surface area (Å²) in [5.74, 6) is -0.0242. The van der Waals surface area contributed by atoms with Crippen molar-refractivity contribution in [2.45, 2.75) is 68.1 Å². The number of hydrogen-bond donors (Lipinski definition) is 4. The summed E-state index contributed by atoms with van der Waals surface area (Å²) in [5.41, 5.74) is 5.47. The zero-order valence-corrected chi connectivity index (χ0v) is 15.5. The van der Waals surface area contributed by atoms with Crippen LogP contribution in [0.3, 0.4) is 0 Å². The van der Waals surface area contributed by atoms with Crippen molar-refractivity contribution in [2.24, 2.45) is 11.7 Å². The Morgan fingerprint density at radius 1 is 1.26 bits per heavy atom. The summed E-state index contributed by atoms with van der Waals surface area (Å²) in [6.07, 6.45) is 4.85. The van der Waals surface area contributed by atoms with Crippen molar-refractivity contribution < 1.29 is 20.1 Å². The molecule has 4 atom stereocenters. The van der Waals surface area contributed by atoms with Gasteiger partial charge in [-0.3, -0.25) is 9.69 Å². The monoisotopic (exact) mass is 372 g/mol. The SMILES string of the molecule is NC(=O)c1ccc2c(c1O)[C@]13CCN(CC4CC4)[C@H](C2)[C@]1(O)CCC(O)C3. The Labute approximate surface area is 159 Å². The second kappa shape index (κ2) is 5.69. The Kier molecular flexibility index (Phi) is 3.68. The summed E-state index contributed by atoms with van der Waals surface area (Å²) < 4.78 is 0. The lowest BCUT2D eigenvalue weighted by Crippen LogP contribution is -2.73. The lowest BCUT2D eigenvalue weighted by Gasteiger charge is -2.64. The molecule has 1 saturated heterocycles. The van der Waals surface area contributed by atoms with Gasteiger partial charge in [0.1, 0.15) is 5.75 Å². The van der Waals surface area contributed by atoms with Crippen molar-refractivity contribution in [1.29, 1.82) is 0 Å². The van der Waals surface area contributed by atoms with Gasteiger partial charge in [-0.05, 0) is 69.0 Å². The minimum Gasteiger partial charge on any atom is -0.507 e. The van der Waals surface area contributed by atoms with Crippen molar-refractivity contribution in [3.05, 3.63) is 28.8 Å². The molecule has 27 heavy (non-hydrogen) atoms. The van der Waals surface area contributed by atoms with Crippen molar-refractivity contribution in [3.63, 3.8) is 0 Å². The number of piperidine rings is 1. The number of aromatic hydroxyl groups is 1. The van der Waals surface area contributed by atoms with Crippen LogP contribution >= 0.6 is 0 Å². The number of phenols is 1. The smallest absolute Gasteiger partial charge is 0.252 e. The number of nitrogens with two attached hydrogens (primary N) is 1. The van der Waals surface area contributed by atoms with E-state index in [0.29, 0.717) is 37.7 Å². The van der Waals surface area contributed by atoms with Crippen LogP contribution in [0, 0.1) is 5.92 Å². The molecule has 1 unspecified atom stereocenters. The number of hydrogen-bond acceptors (Lipinski definition) is 5. The van der Waals surface area contributed by atoms with Gasteiger partial charge in [0, 0.05) is 23.6 Å². The summed E-state index contributed by atoms with van der Waals surface area (Å²) in [7, 11) is 0. The van der Waals surface area contributed by atoms with E-state index in [4.69, 9.17) is 5.73 Å². The van der Waals surface area contributed by atoms with Crippen LogP contribution in [0.4, 0.5) is 0 Å². The molecule has 2 bridgehead atoms. The molecule has 6 nitrogen and oxygen atoms in total. The Bertz CT molecular complexity index is 808. The fourth-order valence-electron chi connectivity index (χ4n) is 6.24. The highest BCUT2D eigenvalue weighted by atomic mass is 16.3. The Hall–Kier alpha value is -1.63. The molecular formula is C21H28N2O4. The quantitative estimate of drug-likeness (QED) is 0.634. The van der Waals surface area contributed by atoms with E-state index in [1.807, 2.05) is 6.07 Å². The van der Waals surface area contributed by atoms with Crippen LogP contribution in [0.2, 0.25) is 0 Å². The largest absolute Gasteiger partial charge is 0.507 e. The summed E-state index contributed by atoms with van der Waals surface area (Å²) >= 11 is 0. The molecule has 1 aromatic carbocycles. The van der Waals surface area contributed by atoms with Gasteiger partial charge in [-0.1, -0.05) is 6.07 Å². The Balaban J connectivity index is 1.68. The first kappa shape index (κ1) is 17.5. The number of rotatable bonds is 3. The van der Waals surface area contributed by atoms with Crippen LogP contribution in [0.15, 0.2) is 12.1 Å². The number of carbonyl (C=O) groups is 1. The molecule has 5 rings (SSSR count). The average molecular weight is 372 g/mol. The summed E-state index contributed by atoms with van der Waals surface area (Å²) in [4.78, 5) is 14.2. The number of fused-ring (bicyclic) bond motifs is 1. The van der Waals surface area contributed by atoms with Crippen LogP contribution in [0.1, 0.15) is 60.0 Å². The first-order valence-electron chi connectivity index (χ1n) is 10.2. The number of likely N-dealkylation sites (tertiary alicyclic amines) is 1. The second-order valence-corrected chi connectivity index (χ2v) is 9.17. The van der Waals surface area contributed by atoms with E-state index < -0.39 is 23.0 Å². The molecule has 2 saturated carbocycles. The lowest BCUT2D eigenvalue weighted by molar-refractivity contribution is -0.182. The maximum atomic E-state index is 12.0. The number of aliphatic hydroxyl groups excluding tert-OH is 1. The zero-order valence-electron chi connectivity index (χ0n) is 15.5. The minimum atomic E-state index is -1.000. The maximum absolute atomic E-state index is 12.0. The molecule has 3 fully saturated rings. The predicted octanol–water partition coefficient (Wildman–Crippen LogP) is 1.05. The molecule has 0 aromatic heterocycles. The number of primary amides is 1. The molecule has 4 aliphatic rings. The normalized spacial score (nSPS) is 38.1. The molecule has 146 valence electrons. The third kappa shape index (κ3) is 2.33. The van der Waals surface area contributed by atoms with Gasteiger partial charge < -0.3 is 21.1 Å². The van der Waals surface area contributed by atoms with E-state index in [1.165, 1.54) is 12.8 Å². The predicted molar refractivity (Wildman–Crippen MR) is 99.5 cm³/mol. The highest BCUT2D eigenvalue weighted by Crippen LogP contribution is 2.60. The maximum Gasteiger partial charge on any atom is 0.252 e. The molecule has 1 aromatic rings. The summed E-state index contributed by atoms with van der Waals surface area (Å²) in [6.45, 7) is 1.86. The van der Waals surface area contributed by atoms with E-state index in [9.17, 15) is 20.1 Å². The summed E-state index contributed by atoms with van der Waals surface area (Å²) in [6, 6.07) is 3.47. The second-order valence-electron chi connectivity index (χ2n) is 9.17. The molecule has 1 heterocycles. The number of carbonyl (C=O) groups excluding carboxylic acids is 1. The number of amides is 1.